The monoisotopic (exact) mass is 283 g/mol. The predicted molar refractivity (Wildman–Crippen MR) is 76.6 cm³/mol. The molecule has 1 aliphatic heterocycles. The van der Waals surface area contributed by atoms with Crippen LogP contribution in [0.15, 0.2) is 12.4 Å². The summed E-state index contributed by atoms with van der Waals surface area (Å²) in [5, 5.41) is 17.4. The highest BCUT2D eigenvalue weighted by atomic mass is 15.4. The van der Waals surface area contributed by atoms with Crippen LogP contribution in [0.25, 0.3) is 0 Å². The Labute approximate surface area is 123 Å². The topological polar surface area (TPSA) is 83.5 Å². The van der Waals surface area contributed by atoms with Gasteiger partial charge in [0.15, 0.2) is 11.5 Å². The van der Waals surface area contributed by atoms with E-state index in [9.17, 15) is 0 Å². The van der Waals surface area contributed by atoms with Crippen molar-refractivity contribution in [3.8, 4) is 6.07 Å². The summed E-state index contributed by atoms with van der Waals surface area (Å²) in [6.45, 7) is 8.00. The molecule has 1 aliphatic rings. The molecule has 0 N–H and O–H groups in total. The molecule has 108 valence electrons. The molecule has 1 unspecified atom stereocenters. The van der Waals surface area contributed by atoms with Crippen LogP contribution >= 0.6 is 0 Å². The third-order valence-corrected chi connectivity index (χ3v) is 3.78. The SMILES string of the molecule is CC(C)c1nnc2n1CCN(c1cnc(C#N)cn1)C2C. The van der Waals surface area contributed by atoms with Gasteiger partial charge in [-0.25, -0.2) is 9.97 Å². The lowest BCUT2D eigenvalue weighted by molar-refractivity contribution is 0.476. The number of hydrogen-bond donors (Lipinski definition) is 0. The summed E-state index contributed by atoms with van der Waals surface area (Å²) in [7, 11) is 0. The summed E-state index contributed by atoms with van der Waals surface area (Å²) in [4.78, 5) is 10.6. The average molecular weight is 283 g/mol. The minimum atomic E-state index is 0.0842. The van der Waals surface area contributed by atoms with Crippen molar-refractivity contribution in [3.05, 3.63) is 29.7 Å². The number of aromatic nitrogens is 5. The molecule has 0 saturated carbocycles. The van der Waals surface area contributed by atoms with Crippen LogP contribution in [-0.4, -0.2) is 31.3 Å². The maximum Gasteiger partial charge on any atom is 0.158 e. The summed E-state index contributed by atoms with van der Waals surface area (Å²) < 4.78 is 2.20. The lowest BCUT2D eigenvalue weighted by Gasteiger charge is -2.34. The first-order chi connectivity index (χ1) is 10.1. The summed E-state index contributed by atoms with van der Waals surface area (Å²) in [5.41, 5.74) is 0.327. The number of rotatable bonds is 2. The second-order valence-electron chi connectivity index (χ2n) is 5.46. The zero-order chi connectivity index (χ0) is 15.0. The Morgan fingerprint density at radius 3 is 2.67 bits per heavy atom. The molecule has 7 nitrogen and oxygen atoms in total. The molecular weight excluding hydrogens is 266 g/mol. The van der Waals surface area contributed by atoms with Crippen LogP contribution in [0.2, 0.25) is 0 Å². The molecular formula is C14H17N7. The van der Waals surface area contributed by atoms with Gasteiger partial charge in [0.05, 0.1) is 18.4 Å². The van der Waals surface area contributed by atoms with Gasteiger partial charge in [0.2, 0.25) is 0 Å². The number of nitriles is 1. The Bertz CT molecular complexity index is 680. The molecule has 2 aromatic rings. The number of fused-ring (bicyclic) bond motifs is 1. The fourth-order valence-electron chi connectivity index (χ4n) is 2.67. The van der Waals surface area contributed by atoms with E-state index >= 15 is 0 Å². The molecule has 2 aromatic heterocycles. The third kappa shape index (κ3) is 2.23. The lowest BCUT2D eigenvalue weighted by atomic mass is 10.1. The van der Waals surface area contributed by atoms with Crippen LogP contribution in [0.3, 0.4) is 0 Å². The second kappa shape index (κ2) is 5.13. The van der Waals surface area contributed by atoms with Gasteiger partial charge in [-0.3, -0.25) is 0 Å². The van der Waals surface area contributed by atoms with Crippen molar-refractivity contribution in [3.63, 3.8) is 0 Å². The normalized spacial score (nSPS) is 17.7. The highest BCUT2D eigenvalue weighted by Gasteiger charge is 2.29. The van der Waals surface area contributed by atoms with E-state index in [0.717, 1.165) is 30.6 Å². The molecule has 3 heterocycles. The maximum absolute atomic E-state index is 8.79. The summed E-state index contributed by atoms with van der Waals surface area (Å²) in [5.74, 6) is 3.11. The minimum Gasteiger partial charge on any atom is -0.344 e. The first kappa shape index (κ1) is 13.5. The molecule has 0 spiro atoms. The van der Waals surface area contributed by atoms with Crippen molar-refractivity contribution in [2.24, 2.45) is 0 Å². The van der Waals surface area contributed by atoms with E-state index in [2.05, 4.69) is 50.4 Å². The average Bonchev–Trinajstić information content (AvgIpc) is 2.93. The van der Waals surface area contributed by atoms with Crippen LogP contribution < -0.4 is 4.90 Å². The zero-order valence-corrected chi connectivity index (χ0v) is 12.4. The first-order valence-corrected chi connectivity index (χ1v) is 7.03. The van der Waals surface area contributed by atoms with Crippen LogP contribution in [0.4, 0.5) is 5.82 Å². The molecule has 1 atom stereocenters. The Morgan fingerprint density at radius 1 is 1.24 bits per heavy atom. The van der Waals surface area contributed by atoms with E-state index in [1.54, 1.807) is 6.20 Å². The van der Waals surface area contributed by atoms with E-state index in [1.807, 2.05) is 6.07 Å². The van der Waals surface area contributed by atoms with Crippen molar-refractivity contribution < 1.29 is 0 Å². The molecule has 7 heteroatoms. The van der Waals surface area contributed by atoms with Gasteiger partial charge in [-0.1, -0.05) is 13.8 Å². The number of hydrogen-bond acceptors (Lipinski definition) is 6. The van der Waals surface area contributed by atoms with Gasteiger partial charge in [0, 0.05) is 19.0 Å². The molecule has 0 aliphatic carbocycles. The highest BCUT2D eigenvalue weighted by Crippen LogP contribution is 2.29. The van der Waals surface area contributed by atoms with Gasteiger partial charge < -0.3 is 9.47 Å². The summed E-state index contributed by atoms with van der Waals surface area (Å²) >= 11 is 0. The van der Waals surface area contributed by atoms with Crippen LogP contribution in [-0.2, 0) is 6.54 Å². The van der Waals surface area contributed by atoms with E-state index in [4.69, 9.17) is 5.26 Å². The Kier molecular flexibility index (Phi) is 3.29. The fourth-order valence-corrected chi connectivity index (χ4v) is 2.67. The van der Waals surface area contributed by atoms with Crippen LogP contribution in [0.5, 0.6) is 0 Å². The molecule has 0 fully saturated rings. The van der Waals surface area contributed by atoms with Crippen LogP contribution in [0.1, 0.15) is 50.1 Å². The molecule has 0 bridgehead atoms. The second-order valence-corrected chi connectivity index (χ2v) is 5.46. The van der Waals surface area contributed by atoms with E-state index in [1.165, 1.54) is 6.20 Å². The Balaban J connectivity index is 1.91. The minimum absolute atomic E-state index is 0.0842. The van der Waals surface area contributed by atoms with Gasteiger partial charge in [-0.05, 0) is 6.92 Å². The molecule has 21 heavy (non-hydrogen) atoms. The van der Waals surface area contributed by atoms with Crippen molar-refractivity contribution in [1.82, 2.24) is 24.7 Å². The van der Waals surface area contributed by atoms with Crippen LogP contribution in [0, 0.1) is 11.3 Å². The molecule has 3 rings (SSSR count). The molecule has 0 radical (unpaired) electrons. The van der Waals surface area contributed by atoms with Crippen molar-refractivity contribution in [1.29, 1.82) is 5.26 Å². The van der Waals surface area contributed by atoms with E-state index in [0.29, 0.717) is 11.6 Å². The van der Waals surface area contributed by atoms with Crippen molar-refractivity contribution in [2.45, 2.75) is 39.3 Å². The first-order valence-electron chi connectivity index (χ1n) is 7.03. The summed E-state index contributed by atoms with van der Waals surface area (Å²) in [6, 6.07) is 2.07. The standard InChI is InChI=1S/C14H17N7/c1-9(2)13-18-19-14-10(3)20(4-5-21(13)14)12-8-16-11(6-15)7-17-12/h7-10H,4-5H2,1-3H3. The smallest absolute Gasteiger partial charge is 0.158 e. The Morgan fingerprint density at radius 2 is 2.05 bits per heavy atom. The molecule has 0 amide bonds. The summed E-state index contributed by atoms with van der Waals surface area (Å²) in [6.07, 6.45) is 3.14. The van der Waals surface area contributed by atoms with E-state index < -0.39 is 0 Å². The quantitative estimate of drug-likeness (QED) is 0.833. The van der Waals surface area contributed by atoms with E-state index in [-0.39, 0.29) is 6.04 Å². The molecule has 0 saturated heterocycles. The maximum atomic E-state index is 8.79. The van der Waals surface area contributed by atoms with Crippen molar-refractivity contribution in [2.75, 3.05) is 11.4 Å². The van der Waals surface area contributed by atoms with Gasteiger partial charge in [-0.15, -0.1) is 10.2 Å². The number of anilines is 1. The van der Waals surface area contributed by atoms with Gasteiger partial charge in [0.25, 0.3) is 0 Å². The highest BCUT2D eigenvalue weighted by molar-refractivity contribution is 5.40. The van der Waals surface area contributed by atoms with Crippen molar-refractivity contribution >= 4 is 5.82 Å². The number of nitrogens with zero attached hydrogens (tertiary/aromatic N) is 7. The Hall–Kier alpha value is -2.49. The van der Waals surface area contributed by atoms with Gasteiger partial charge >= 0.3 is 0 Å². The predicted octanol–water partition coefficient (Wildman–Crippen LogP) is 1.64. The lowest BCUT2D eigenvalue weighted by Crippen LogP contribution is -2.38. The van der Waals surface area contributed by atoms with Gasteiger partial charge in [0.1, 0.15) is 17.7 Å². The largest absolute Gasteiger partial charge is 0.344 e. The third-order valence-electron chi connectivity index (χ3n) is 3.78. The molecule has 0 aromatic carbocycles. The zero-order valence-electron chi connectivity index (χ0n) is 12.4. The van der Waals surface area contributed by atoms with Gasteiger partial charge in [-0.2, -0.15) is 5.26 Å². The fraction of sp³-hybridized carbons (Fsp3) is 0.500.